The molecule has 0 bridgehead atoms. The Bertz CT molecular complexity index is 382. The zero-order valence-corrected chi connectivity index (χ0v) is 11.9. The number of hydrogen-bond donors (Lipinski definition) is 5. The summed E-state index contributed by atoms with van der Waals surface area (Å²) in [5, 5.41) is 8.87. The Hall–Kier alpha value is -0.430. The number of nitrogens with zero attached hydrogens (tertiary/aromatic N) is 1. The molecular weight excluding hydrogens is 288 g/mol. The van der Waals surface area contributed by atoms with Crippen LogP contribution in [0, 0.1) is 5.41 Å². The molecule has 18 heavy (non-hydrogen) atoms. The van der Waals surface area contributed by atoms with Gasteiger partial charge in [-0.25, -0.2) is 4.79 Å². The molecule has 0 spiro atoms. The molecule has 0 rings (SSSR count). The third-order valence-electron chi connectivity index (χ3n) is 1.77. The Kier molecular flexibility index (Phi) is 5.16. The second-order valence-electron chi connectivity index (χ2n) is 5.00. The molecule has 11 heteroatoms. The predicted molar refractivity (Wildman–Crippen MR) is 62.1 cm³/mol. The molecule has 1 amide bonds. The largest absolute Gasteiger partial charge is 0.465 e. The van der Waals surface area contributed by atoms with Crippen LogP contribution < -0.4 is 0 Å². The van der Waals surface area contributed by atoms with Crippen molar-refractivity contribution in [1.82, 2.24) is 4.90 Å². The fourth-order valence-electron chi connectivity index (χ4n) is 1.32. The summed E-state index contributed by atoms with van der Waals surface area (Å²) in [7, 11) is -10.6. The first-order valence-corrected chi connectivity index (χ1v) is 8.12. The van der Waals surface area contributed by atoms with Gasteiger partial charge >= 0.3 is 21.3 Å². The Morgan fingerprint density at radius 1 is 1.11 bits per heavy atom. The van der Waals surface area contributed by atoms with Crippen LogP contribution in [-0.2, 0) is 9.13 Å². The Balaban J connectivity index is 5.62. The van der Waals surface area contributed by atoms with Gasteiger partial charge in [-0.1, -0.05) is 20.8 Å². The SMILES string of the molecule is CC(C)(C)CN(C(=O)O)C(P(=O)(O)O)P(=O)(O)O. The van der Waals surface area contributed by atoms with Crippen LogP contribution in [0.2, 0.25) is 0 Å². The molecule has 0 saturated carbocycles. The summed E-state index contributed by atoms with van der Waals surface area (Å²) in [5.74, 6) is 0. The van der Waals surface area contributed by atoms with Crippen LogP contribution in [0.1, 0.15) is 20.8 Å². The molecule has 0 fully saturated rings. The van der Waals surface area contributed by atoms with Crippen molar-refractivity contribution in [2.45, 2.75) is 26.3 Å². The highest BCUT2D eigenvalue weighted by Crippen LogP contribution is 2.61. The number of carbonyl (C=O) groups is 1. The van der Waals surface area contributed by atoms with Crippen molar-refractivity contribution in [2.24, 2.45) is 5.41 Å². The molecule has 0 atom stereocenters. The van der Waals surface area contributed by atoms with Crippen LogP contribution >= 0.6 is 15.2 Å². The minimum Gasteiger partial charge on any atom is -0.465 e. The third kappa shape index (κ3) is 5.48. The third-order valence-corrected chi connectivity index (χ3v) is 5.34. The average Bonchev–Trinajstić information content (AvgIpc) is 1.93. The smallest absolute Gasteiger partial charge is 0.408 e. The summed E-state index contributed by atoms with van der Waals surface area (Å²) < 4.78 is 22.2. The van der Waals surface area contributed by atoms with E-state index in [1.165, 1.54) is 0 Å². The highest BCUT2D eigenvalue weighted by atomic mass is 31.2. The van der Waals surface area contributed by atoms with Gasteiger partial charge in [-0.05, 0) is 5.41 Å². The van der Waals surface area contributed by atoms with E-state index < -0.39 is 38.8 Å². The van der Waals surface area contributed by atoms with Crippen molar-refractivity contribution in [2.75, 3.05) is 6.54 Å². The molecule has 5 N–H and O–H groups in total. The van der Waals surface area contributed by atoms with E-state index in [4.69, 9.17) is 24.7 Å². The van der Waals surface area contributed by atoms with Gasteiger partial charge in [0.25, 0.3) is 0 Å². The van der Waals surface area contributed by atoms with Crippen molar-refractivity contribution < 1.29 is 38.6 Å². The second-order valence-corrected chi connectivity index (χ2v) is 8.74. The van der Waals surface area contributed by atoms with E-state index in [1.54, 1.807) is 20.8 Å². The van der Waals surface area contributed by atoms with Crippen molar-refractivity contribution in [3.8, 4) is 0 Å². The normalized spacial score (nSPS) is 13.8. The van der Waals surface area contributed by atoms with Crippen LogP contribution in [0.25, 0.3) is 0 Å². The zero-order valence-electron chi connectivity index (χ0n) is 10.1. The van der Waals surface area contributed by atoms with Crippen molar-refractivity contribution >= 4 is 21.3 Å². The number of amides is 1. The molecule has 0 unspecified atom stereocenters. The average molecular weight is 305 g/mol. The van der Waals surface area contributed by atoms with E-state index in [0.717, 1.165) is 0 Å². The Morgan fingerprint density at radius 2 is 1.44 bits per heavy atom. The van der Waals surface area contributed by atoms with Crippen molar-refractivity contribution in [3.05, 3.63) is 0 Å². The lowest BCUT2D eigenvalue weighted by molar-refractivity contribution is 0.119. The maximum absolute atomic E-state index is 11.1. The topological polar surface area (TPSA) is 156 Å². The van der Waals surface area contributed by atoms with Gasteiger partial charge in [0.05, 0.1) is 0 Å². The van der Waals surface area contributed by atoms with Crippen LogP contribution in [0.3, 0.4) is 0 Å². The fourth-order valence-corrected chi connectivity index (χ4v) is 3.97. The molecule has 0 heterocycles. The molecule has 0 aromatic rings. The summed E-state index contributed by atoms with van der Waals surface area (Å²) in [6.07, 6.45) is -1.80. The summed E-state index contributed by atoms with van der Waals surface area (Å²) >= 11 is 0. The van der Waals surface area contributed by atoms with Gasteiger partial charge in [0.15, 0.2) is 0 Å². The molecule has 0 saturated heterocycles. The lowest BCUT2D eigenvalue weighted by Crippen LogP contribution is -2.43. The summed E-state index contributed by atoms with van der Waals surface area (Å²) in [6, 6.07) is 0. The van der Waals surface area contributed by atoms with Crippen molar-refractivity contribution in [3.63, 3.8) is 0 Å². The van der Waals surface area contributed by atoms with E-state index >= 15 is 0 Å². The maximum Gasteiger partial charge on any atom is 0.408 e. The fraction of sp³-hybridized carbons (Fsp3) is 0.857. The van der Waals surface area contributed by atoms with Crippen molar-refractivity contribution in [1.29, 1.82) is 0 Å². The van der Waals surface area contributed by atoms with Gasteiger partial charge in [0.1, 0.15) is 0 Å². The highest BCUT2D eigenvalue weighted by Gasteiger charge is 2.50. The minimum atomic E-state index is -5.31. The lowest BCUT2D eigenvalue weighted by atomic mass is 9.96. The van der Waals surface area contributed by atoms with Crippen LogP contribution in [0.15, 0.2) is 0 Å². The first-order chi connectivity index (χ1) is 7.66. The highest BCUT2D eigenvalue weighted by molar-refractivity contribution is 7.70. The predicted octanol–water partition coefficient (Wildman–Crippen LogP) is 0.651. The summed E-state index contributed by atoms with van der Waals surface area (Å²) in [4.78, 5) is 46.8. The Labute approximate surface area is 104 Å². The number of rotatable bonds is 4. The van der Waals surface area contributed by atoms with Gasteiger partial charge in [-0.15, -0.1) is 0 Å². The molecular formula is C7H17NO8P2. The van der Waals surface area contributed by atoms with E-state index in [0.29, 0.717) is 0 Å². The molecule has 0 radical (unpaired) electrons. The quantitative estimate of drug-likeness (QED) is 0.474. The second kappa shape index (κ2) is 5.28. The summed E-state index contributed by atoms with van der Waals surface area (Å²) in [6.45, 7) is 4.28. The Morgan fingerprint density at radius 3 is 1.61 bits per heavy atom. The molecule has 0 aromatic carbocycles. The molecule has 108 valence electrons. The molecule has 0 aliphatic heterocycles. The molecule has 9 nitrogen and oxygen atoms in total. The standard InChI is InChI=1S/C7H17NO8P2/c1-7(2,3)4-8(5(9)10)6(17(11,12)13)18(14,15)16/h6H,4H2,1-3H3,(H,9,10)(H2,11,12,13)(H2,14,15,16). The van der Waals surface area contributed by atoms with Crippen LogP contribution in [-0.4, -0.2) is 47.7 Å². The van der Waals surface area contributed by atoms with E-state index in [2.05, 4.69) is 0 Å². The molecule has 0 aliphatic carbocycles. The zero-order chi connectivity index (χ0) is 14.9. The minimum absolute atomic E-state index is 0.0988. The number of carboxylic acid groups (broad SMARTS) is 1. The number of hydrogen-bond acceptors (Lipinski definition) is 3. The van der Waals surface area contributed by atoms with Gasteiger partial charge in [0, 0.05) is 6.54 Å². The van der Waals surface area contributed by atoms with Gasteiger partial charge in [0.2, 0.25) is 5.52 Å². The van der Waals surface area contributed by atoms with Crippen LogP contribution in [0.5, 0.6) is 0 Å². The molecule has 0 aromatic heterocycles. The van der Waals surface area contributed by atoms with Gasteiger partial charge in [-0.3, -0.25) is 14.0 Å². The molecule has 0 aliphatic rings. The van der Waals surface area contributed by atoms with Gasteiger partial charge in [-0.2, -0.15) is 0 Å². The van der Waals surface area contributed by atoms with E-state index in [1.807, 2.05) is 0 Å². The lowest BCUT2D eigenvalue weighted by Gasteiger charge is -2.34. The first-order valence-electron chi connectivity index (χ1n) is 4.76. The monoisotopic (exact) mass is 305 g/mol. The maximum atomic E-state index is 11.1. The van der Waals surface area contributed by atoms with E-state index in [9.17, 15) is 13.9 Å². The van der Waals surface area contributed by atoms with Crippen LogP contribution in [0.4, 0.5) is 4.79 Å². The van der Waals surface area contributed by atoms with E-state index in [-0.39, 0.29) is 4.90 Å². The first kappa shape index (κ1) is 17.6. The van der Waals surface area contributed by atoms with Gasteiger partial charge < -0.3 is 24.7 Å². The summed E-state index contributed by atoms with van der Waals surface area (Å²) in [5.41, 5.74) is -3.40.